The molecule has 1 unspecified atom stereocenters. The van der Waals surface area contributed by atoms with Gasteiger partial charge in [-0.2, -0.15) is 0 Å². The number of amides is 1. The van der Waals surface area contributed by atoms with Gasteiger partial charge in [0, 0.05) is 29.3 Å². The minimum absolute atomic E-state index is 0.0761. The Balaban J connectivity index is 2.13. The fourth-order valence-electron chi connectivity index (χ4n) is 2.42. The summed E-state index contributed by atoms with van der Waals surface area (Å²) in [5.74, 6) is 1.23. The molecule has 26 heavy (non-hydrogen) atoms. The maximum absolute atomic E-state index is 12.4. The molecule has 0 fully saturated rings. The number of halogens is 1. The van der Waals surface area contributed by atoms with Crippen molar-refractivity contribution in [3.63, 3.8) is 0 Å². The van der Waals surface area contributed by atoms with Crippen molar-refractivity contribution in [3.05, 3.63) is 58.6 Å². The first kappa shape index (κ1) is 20.1. The van der Waals surface area contributed by atoms with Gasteiger partial charge in [0.05, 0.1) is 13.2 Å². The summed E-state index contributed by atoms with van der Waals surface area (Å²) in [6, 6.07) is 12.4. The largest absolute Gasteiger partial charge is 0.493 e. The molecule has 0 aliphatic rings. The molecule has 2 aromatic carbocycles. The number of nitrogens with one attached hydrogen (secondary N) is 1. The predicted molar refractivity (Wildman–Crippen MR) is 102 cm³/mol. The van der Waals surface area contributed by atoms with E-state index in [1.165, 1.54) is 0 Å². The standard InChI is InChI=1S/C20H24ClNO4/c1-4-25-19-10-5-15(20(23)22-14(2)12-24-3)11-16(19)13-26-18-8-6-17(21)7-9-18/h5-11,14H,4,12-13H2,1-3H3,(H,22,23). The van der Waals surface area contributed by atoms with Gasteiger partial charge < -0.3 is 19.5 Å². The van der Waals surface area contributed by atoms with Crippen LogP contribution in [0.15, 0.2) is 42.5 Å². The molecule has 0 spiro atoms. The molecule has 0 radical (unpaired) electrons. The molecule has 1 atom stereocenters. The van der Waals surface area contributed by atoms with Gasteiger partial charge in [0.25, 0.3) is 5.91 Å². The van der Waals surface area contributed by atoms with Crippen LogP contribution in [-0.2, 0) is 11.3 Å². The van der Waals surface area contributed by atoms with Crippen LogP contribution in [0, 0.1) is 0 Å². The van der Waals surface area contributed by atoms with E-state index < -0.39 is 0 Å². The molecule has 6 heteroatoms. The summed E-state index contributed by atoms with van der Waals surface area (Å²) >= 11 is 5.89. The molecule has 1 amide bonds. The quantitative estimate of drug-likeness (QED) is 0.715. The summed E-state index contributed by atoms with van der Waals surface area (Å²) < 4.78 is 16.5. The summed E-state index contributed by atoms with van der Waals surface area (Å²) in [6.07, 6.45) is 0. The Morgan fingerprint density at radius 1 is 1.15 bits per heavy atom. The van der Waals surface area contributed by atoms with E-state index in [0.717, 1.165) is 5.56 Å². The molecule has 0 saturated heterocycles. The highest BCUT2D eigenvalue weighted by atomic mass is 35.5. The highest BCUT2D eigenvalue weighted by molar-refractivity contribution is 6.30. The van der Waals surface area contributed by atoms with Crippen LogP contribution in [0.2, 0.25) is 5.02 Å². The number of carbonyl (C=O) groups excluding carboxylic acids is 1. The molecule has 140 valence electrons. The zero-order chi connectivity index (χ0) is 18.9. The van der Waals surface area contributed by atoms with E-state index in [-0.39, 0.29) is 18.6 Å². The Kier molecular flexibility index (Phi) is 7.75. The van der Waals surface area contributed by atoms with E-state index >= 15 is 0 Å². The minimum Gasteiger partial charge on any atom is -0.493 e. The van der Waals surface area contributed by atoms with E-state index in [1.54, 1.807) is 49.6 Å². The van der Waals surface area contributed by atoms with Crippen molar-refractivity contribution < 1.29 is 19.0 Å². The van der Waals surface area contributed by atoms with Gasteiger partial charge in [-0.15, -0.1) is 0 Å². The first-order valence-electron chi connectivity index (χ1n) is 8.47. The van der Waals surface area contributed by atoms with Gasteiger partial charge in [-0.1, -0.05) is 11.6 Å². The Labute approximate surface area is 159 Å². The van der Waals surface area contributed by atoms with Crippen LogP contribution in [0.3, 0.4) is 0 Å². The van der Waals surface area contributed by atoms with Crippen LogP contribution < -0.4 is 14.8 Å². The van der Waals surface area contributed by atoms with Crippen molar-refractivity contribution in [2.45, 2.75) is 26.5 Å². The molecule has 2 rings (SSSR count). The minimum atomic E-state index is -0.162. The van der Waals surface area contributed by atoms with E-state index in [4.69, 9.17) is 25.8 Å². The van der Waals surface area contributed by atoms with Crippen molar-refractivity contribution in [2.24, 2.45) is 0 Å². The Hall–Kier alpha value is -2.24. The molecule has 0 aromatic heterocycles. The summed E-state index contributed by atoms with van der Waals surface area (Å²) in [5, 5.41) is 3.54. The summed E-state index contributed by atoms with van der Waals surface area (Å²) in [5.41, 5.74) is 1.35. The number of hydrogen-bond donors (Lipinski definition) is 1. The fraction of sp³-hybridized carbons (Fsp3) is 0.350. The Morgan fingerprint density at radius 2 is 1.88 bits per heavy atom. The van der Waals surface area contributed by atoms with Crippen LogP contribution in [0.1, 0.15) is 29.8 Å². The average molecular weight is 378 g/mol. The summed E-state index contributed by atoms with van der Waals surface area (Å²) in [7, 11) is 1.60. The maximum atomic E-state index is 12.4. The molecule has 0 aliphatic carbocycles. The van der Waals surface area contributed by atoms with Gasteiger partial charge in [-0.05, 0) is 56.3 Å². The van der Waals surface area contributed by atoms with Gasteiger partial charge >= 0.3 is 0 Å². The second-order valence-corrected chi connectivity index (χ2v) is 6.26. The second-order valence-electron chi connectivity index (χ2n) is 5.83. The third-order valence-electron chi connectivity index (χ3n) is 3.62. The number of hydrogen-bond acceptors (Lipinski definition) is 4. The summed E-state index contributed by atoms with van der Waals surface area (Å²) in [4.78, 5) is 12.4. The molecule has 1 N–H and O–H groups in total. The lowest BCUT2D eigenvalue weighted by atomic mass is 10.1. The van der Waals surface area contributed by atoms with E-state index in [1.807, 2.05) is 13.8 Å². The molecular formula is C20H24ClNO4. The van der Waals surface area contributed by atoms with E-state index in [9.17, 15) is 4.79 Å². The van der Waals surface area contributed by atoms with Crippen LogP contribution in [0.25, 0.3) is 0 Å². The predicted octanol–water partition coefficient (Wildman–Crippen LogP) is 4.08. The van der Waals surface area contributed by atoms with Crippen molar-refractivity contribution in [1.29, 1.82) is 0 Å². The van der Waals surface area contributed by atoms with E-state index in [0.29, 0.717) is 35.3 Å². The van der Waals surface area contributed by atoms with Crippen LogP contribution in [0.4, 0.5) is 0 Å². The lowest BCUT2D eigenvalue weighted by molar-refractivity contribution is 0.0905. The highest BCUT2D eigenvalue weighted by Gasteiger charge is 2.13. The number of ether oxygens (including phenoxy) is 3. The van der Waals surface area contributed by atoms with Gasteiger partial charge in [0.15, 0.2) is 0 Å². The van der Waals surface area contributed by atoms with Crippen LogP contribution >= 0.6 is 11.6 Å². The SMILES string of the molecule is CCOc1ccc(C(=O)NC(C)COC)cc1COc1ccc(Cl)cc1. The number of rotatable bonds is 9. The Bertz CT molecular complexity index is 718. The molecule has 0 aliphatic heterocycles. The number of benzene rings is 2. The number of methoxy groups -OCH3 is 1. The van der Waals surface area contributed by atoms with Crippen LogP contribution in [0.5, 0.6) is 11.5 Å². The van der Waals surface area contributed by atoms with Crippen molar-refractivity contribution >= 4 is 17.5 Å². The van der Waals surface area contributed by atoms with Crippen molar-refractivity contribution in [3.8, 4) is 11.5 Å². The molecule has 2 aromatic rings. The lowest BCUT2D eigenvalue weighted by Gasteiger charge is -2.15. The second kappa shape index (κ2) is 10.0. The van der Waals surface area contributed by atoms with Crippen molar-refractivity contribution in [1.82, 2.24) is 5.32 Å². The molecule has 0 heterocycles. The summed E-state index contributed by atoms with van der Waals surface area (Å²) in [6.45, 7) is 5.07. The zero-order valence-corrected chi connectivity index (χ0v) is 16.0. The van der Waals surface area contributed by atoms with Crippen molar-refractivity contribution in [2.75, 3.05) is 20.3 Å². The van der Waals surface area contributed by atoms with Gasteiger partial charge in [-0.25, -0.2) is 0 Å². The third-order valence-corrected chi connectivity index (χ3v) is 3.88. The van der Waals surface area contributed by atoms with E-state index in [2.05, 4.69) is 5.32 Å². The van der Waals surface area contributed by atoms with Crippen LogP contribution in [-0.4, -0.2) is 32.3 Å². The molecule has 0 bridgehead atoms. The first-order chi connectivity index (χ1) is 12.5. The fourth-order valence-corrected chi connectivity index (χ4v) is 2.55. The third kappa shape index (κ3) is 5.93. The average Bonchev–Trinajstić information content (AvgIpc) is 2.62. The maximum Gasteiger partial charge on any atom is 0.251 e. The lowest BCUT2D eigenvalue weighted by Crippen LogP contribution is -2.35. The van der Waals surface area contributed by atoms with Gasteiger partial charge in [-0.3, -0.25) is 4.79 Å². The first-order valence-corrected chi connectivity index (χ1v) is 8.85. The highest BCUT2D eigenvalue weighted by Crippen LogP contribution is 2.23. The Morgan fingerprint density at radius 3 is 2.54 bits per heavy atom. The monoisotopic (exact) mass is 377 g/mol. The normalized spacial score (nSPS) is 11.7. The van der Waals surface area contributed by atoms with Gasteiger partial charge in [0.1, 0.15) is 18.1 Å². The van der Waals surface area contributed by atoms with Gasteiger partial charge in [0.2, 0.25) is 0 Å². The molecular weight excluding hydrogens is 354 g/mol. The zero-order valence-electron chi connectivity index (χ0n) is 15.3. The smallest absolute Gasteiger partial charge is 0.251 e. The molecule has 5 nitrogen and oxygen atoms in total. The number of carbonyl (C=O) groups is 1. The topological polar surface area (TPSA) is 56.8 Å². The molecule has 0 saturated carbocycles.